The first-order valence-electron chi connectivity index (χ1n) is 19.8. The largest absolute Gasteiger partial charge is 0.312 e. The van der Waals surface area contributed by atoms with Crippen molar-refractivity contribution >= 4 is 124 Å². The zero-order chi connectivity index (χ0) is 37.2. The normalized spacial score (nSPS) is 13.8. The van der Waals surface area contributed by atoms with E-state index >= 15 is 0 Å². The Hall–Kier alpha value is -6.68. The van der Waals surface area contributed by atoms with Gasteiger partial charge in [0, 0.05) is 43.6 Å². The maximum atomic E-state index is 2.60. The molecule has 0 saturated carbocycles. The molecule has 0 aliphatic carbocycles. The quantitative estimate of drug-likeness (QED) is 0.132. The van der Waals surface area contributed by atoms with Gasteiger partial charge in [0.1, 0.15) is 0 Å². The number of fused-ring (bicyclic) bond motifs is 7. The Kier molecular flexibility index (Phi) is 6.59. The lowest BCUT2D eigenvalue weighted by Gasteiger charge is -2.46. The molecule has 3 heterocycles. The molecule has 0 radical (unpaired) electrons. The van der Waals surface area contributed by atoms with Gasteiger partial charge in [-0.25, -0.2) is 0 Å². The van der Waals surface area contributed by atoms with Crippen LogP contribution < -0.4 is 42.6 Å². The molecule has 0 aromatic heterocycles. The van der Waals surface area contributed by atoms with Gasteiger partial charge in [-0.2, -0.15) is 0 Å². The number of nitrogens with zero attached hydrogens (tertiary/aromatic N) is 2. The van der Waals surface area contributed by atoms with Gasteiger partial charge in [-0.05, 0) is 91.2 Å². The second-order valence-corrected chi connectivity index (χ2v) is 16.6. The summed E-state index contributed by atoms with van der Waals surface area (Å²) in [6.45, 7) is 0.0959. The van der Waals surface area contributed by atoms with Gasteiger partial charge < -0.3 is 9.80 Å². The van der Waals surface area contributed by atoms with Crippen molar-refractivity contribution in [3.63, 3.8) is 0 Å². The Morgan fingerprint density at radius 2 is 0.965 bits per heavy atom. The Morgan fingerprint density at radius 3 is 1.74 bits per heavy atom. The SMILES string of the molecule is c1ccc(B2c3ccccc3N(c3ccc4ccc5cccc6ccc3c4c56)c3cc4c5c(c32)N(c2ccccc2)c2ccccc2B5c2ccccc2S4)cc1. The number of hydrogen-bond donors (Lipinski definition) is 0. The smallest absolute Gasteiger partial charge is 0.249 e. The van der Waals surface area contributed by atoms with Crippen molar-refractivity contribution in [3.05, 3.63) is 194 Å². The highest BCUT2D eigenvalue weighted by atomic mass is 32.2. The molecule has 5 heteroatoms. The second-order valence-electron chi connectivity index (χ2n) is 15.6. The van der Waals surface area contributed by atoms with Crippen LogP contribution in [0.5, 0.6) is 0 Å². The number of anilines is 6. The van der Waals surface area contributed by atoms with Crippen LogP contribution >= 0.6 is 11.8 Å². The standard InChI is InChI=1S/C52H32B2N2S/c1-3-16-36(17-4-1)53-39-20-7-11-24-44(39)56(42-31-29-35-27-26-33-14-13-15-34-28-30-38(42)49(35)48(33)34)45-32-47-51-52(50(45)53)55(37-18-5-2-6-19-37)43-23-10-8-21-40(43)54(51)41-22-9-12-25-46(41)57-47/h1-32H. The number of rotatable bonds is 3. The Labute approximate surface area is 336 Å². The van der Waals surface area contributed by atoms with Crippen LogP contribution in [0.4, 0.5) is 34.1 Å². The minimum Gasteiger partial charge on any atom is -0.312 e. The lowest BCUT2D eigenvalue weighted by atomic mass is 9.31. The van der Waals surface area contributed by atoms with Gasteiger partial charge in [-0.15, -0.1) is 0 Å². The fourth-order valence-corrected chi connectivity index (χ4v) is 11.6. The lowest BCUT2D eigenvalue weighted by Crippen LogP contribution is -2.65. The third-order valence-corrected chi connectivity index (χ3v) is 13.8. The van der Waals surface area contributed by atoms with Crippen molar-refractivity contribution in [1.82, 2.24) is 0 Å². The highest BCUT2D eigenvalue weighted by molar-refractivity contribution is 8.00. The molecule has 13 rings (SSSR count). The fraction of sp³-hybridized carbons (Fsp3) is 0. The van der Waals surface area contributed by atoms with Crippen LogP contribution in [0, 0.1) is 0 Å². The van der Waals surface area contributed by atoms with E-state index in [1.165, 1.54) is 109 Å². The molecule has 0 N–H and O–H groups in total. The number of para-hydroxylation sites is 3. The molecule has 2 nitrogen and oxygen atoms in total. The average Bonchev–Trinajstić information content (AvgIpc) is 3.28. The summed E-state index contributed by atoms with van der Waals surface area (Å²) in [6, 6.07) is 72.8. The van der Waals surface area contributed by atoms with Gasteiger partial charge >= 0.3 is 0 Å². The van der Waals surface area contributed by atoms with Crippen LogP contribution in [0.3, 0.4) is 0 Å². The van der Waals surface area contributed by atoms with E-state index in [4.69, 9.17) is 0 Å². The summed E-state index contributed by atoms with van der Waals surface area (Å²) in [5, 5.41) is 7.77. The van der Waals surface area contributed by atoms with Gasteiger partial charge in [0.05, 0.1) is 5.69 Å². The highest BCUT2D eigenvalue weighted by Crippen LogP contribution is 2.49. The first-order chi connectivity index (χ1) is 28.3. The highest BCUT2D eigenvalue weighted by Gasteiger charge is 2.47. The summed E-state index contributed by atoms with van der Waals surface area (Å²) >= 11 is 1.93. The van der Waals surface area contributed by atoms with Crippen LogP contribution in [0.25, 0.3) is 32.3 Å². The summed E-state index contributed by atoms with van der Waals surface area (Å²) in [5.74, 6) is 0. The van der Waals surface area contributed by atoms with E-state index in [0.717, 1.165) is 0 Å². The summed E-state index contributed by atoms with van der Waals surface area (Å²) in [5.41, 5.74) is 15.4. The van der Waals surface area contributed by atoms with E-state index in [2.05, 4.69) is 204 Å². The monoisotopic (exact) mass is 738 g/mol. The van der Waals surface area contributed by atoms with Crippen LogP contribution in [0.15, 0.2) is 204 Å². The molecular weight excluding hydrogens is 706 g/mol. The minimum absolute atomic E-state index is 0.00645. The summed E-state index contributed by atoms with van der Waals surface area (Å²) in [4.78, 5) is 7.84. The molecule has 10 aromatic carbocycles. The topological polar surface area (TPSA) is 6.48 Å². The Bertz CT molecular complexity index is 3240. The van der Waals surface area contributed by atoms with Gasteiger partial charge in [0.2, 0.25) is 13.4 Å². The van der Waals surface area contributed by atoms with Crippen molar-refractivity contribution in [2.45, 2.75) is 9.79 Å². The average molecular weight is 739 g/mol. The Morgan fingerprint density at radius 1 is 0.368 bits per heavy atom. The first-order valence-corrected chi connectivity index (χ1v) is 20.7. The number of hydrogen-bond acceptors (Lipinski definition) is 3. The molecule has 262 valence electrons. The molecule has 3 aliphatic rings. The van der Waals surface area contributed by atoms with Crippen molar-refractivity contribution in [3.8, 4) is 0 Å². The predicted octanol–water partition coefficient (Wildman–Crippen LogP) is 9.65. The van der Waals surface area contributed by atoms with Crippen molar-refractivity contribution in [2.24, 2.45) is 0 Å². The molecule has 57 heavy (non-hydrogen) atoms. The molecule has 0 atom stereocenters. The molecule has 0 amide bonds. The second kappa shape index (κ2) is 11.9. The molecular formula is C52H32B2N2S. The first kappa shape index (κ1) is 31.5. The molecule has 0 spiro atoms. The van der Waals surface area contributed by atoms with Gasteiger partial charge in [-0.3, -0.25) is 0 Å². The maximum Gasteiger partial charge on any atom is 0.249 e. The summed E-state index contributed by atoms with van der Waals surface area (Å²) in [6.07, 6.45) is 0. The summed E-state index contributed by atoms with van der Waals surface area (Å²) < 4.78 is 0. The van der Waals surface area contributed by atoms with Crippen LogP contribution in [-0.2, 0) is 0 Å². The fourth-order valence-electron chi connectivity index (χ4n) is 10.4. The maximum absolute atomic E-state index is 2.60. The predicted molar refractivity (Wildman–Crippen MR) is 246 cm³/mol. The van der Waals surface area contributed by atoms with Crippen LogP contribution in [0.2, 0.25) is 0 Å². The molecule has 0 fully saturated rings. The zero-order valence-electron chi connectivity index (χ0n) is 30.9. The van der Waals surface area contributed by atoms with Gasteiger partial charge in [0.15, 0.2) is 0 Å². The third-order valence-electron chi connectivity index (χ3n) is 12.7. The van der Waals surface area contributed by atoms with Crippen molar-refractivity contribution < 1.29 is 0 Å². The van der Waals surface area contributed by atoms with Crippen LogP contribution in [-0.4, -0.2) is 13.4 Å². The third kappa shape index (κ3) is 4.35. The van der Waals surface area contributed by atoms with Crippen molar-refractivity contribution in [1.29, 1.82) is 0 Å². The molecule has 0 bridgehead atoms. The molecule has 0 saturated heterocycles. The van der Waals surface area contributed by atoms with Gasteiger partial charge in [0.25, 0.3) is 0 Å². The van der Waals surface area contributed by atoms with Crippen LogP contribution in [0.1, 0.15) is 0 Å². The van der Waals surface area contributed by atoms with E-state index in [-0.39, 0.29) is 13.4 Å². The molecule has 10 aromatic rings. The Balaban J connectivity index is 1.21. The van der Waals surface area contributed by atoms with Crippen molar-refractivity contribution in [2.75, 3.05) is 9.80 Å². The molecule has 3 aliphatic heterocycles. The number of benzene rings is 10. The lowest BCUT2D eigenvalue weighted by molar-refractivity contribution is 1.24. The van der Waals surface area contributed by atoms with E-state index < -0.39 is 0 Å². The minimum atomic E-state index is -0.00645. The van der Waals surface area contributed by atoms with Gasteiger partial charge in [-0.1, -0.05) is 174 Å². The zero-order valence-corrected chi connectivity index (χ0v) is 31.7. The summed E-state index contributed by atoms with van der Waals surface area (Å²) in [7, 11) is 0. The van der Waals surface area contributed by atoms with E-state index in [1.807, 2.05) is 11.8 Å². The van der Waals surface area contributed by atoms with E-state index in [9.17, 15) is 0 Å². The molecule has 0 unspecified atom stereocenters. The van der Waals surface area contributed by atoms with E-state index in [1.54, 1.807) is 0 Å². The van der Waals surface area contributed by atoms with E-state index in [0.29, 0.717) is 0 Å².